The van der Waals surface area contributed by atoms with E-state index in [0.29, 0.717) is 5.92 Å². The molecule has 3 N–H and O–H groups in total. The van der Waals surface area contributed by atoms with Gasteiger partial charge >= 0.3 is 0 Å². The zero-order valence-electron chi connectivity index (χ0n) is 11.8. The number of ether oxygens (including phenoxy) is 1. The van der Waals surface area contributed by atoms with Crippen molar-refractivity contribution in [1.82, 2.24) is 5.43 Å². The Bertz CT molecular complexity index is 551. The average molecular weight is 258 g/mol. The molecule has 0 spiro atoms. The van der Waals surface area contributed by atoms with Gasteiger partial charge in [0, 0.05) is 6.04 Å². The molecular weight excluding hydrogens is 236 g/mol. The van der Waals surface area contributed by atoms with E-state index in [2.05, 4.69) is 49.6 Å². The molecule has 0 amide bonds. The van der Waals surface area contributed by atoms with Crippen molar-refractivity contribution in [1.29, 1.82) is 0 Å². The fourth-order valence-electron chi connectivity index (χ4n) is 2.35. The van der Waals surface area contributed by atoms with Crippen LogP contribution in [0.1, 0.15) is 19.4 Å². The van der Waals surface area contributed by atoms with Gasteiger partial charge in [0.25, 0.3) is 0 Å². The number of nitrogens with two attached hydrogens (primary N) is 1. The van der Waals surface area contributed by atoms with E-state index in [1.165, 1.54) is 16.3 Å². The normalized spacial score (nSPS) is 12.9. The minimum absolute atomic E-state index is 0.275. The third-order valence-electron chi connectivity index (χ3n) is 3.64. The topological polar surface area (TPSA) is 47.3 Å². The maximum Gasteiger partial charge on any atom is 0.119 e. The molecule has 0 aliphatic rings. The molecule has 102 valence electrons. The van der Waals surface area contributed by atoms with Crippen LogP contribution >= 0.6 is 0 Å². The Hall–Kier alpha value is -1.58. The number of hydrazine groups is 1. The van der Waals surface area contributed by atoms with E-state index < -0.39 is 0 Å². The van der Waals surface area contributed by atoms with Crippen LogP contribution in [0.3, 0.4) is 0 Å². The lowest BCUT2D eigenvalue weighted by Crippen LogP contribution is -2.40. The van der Waals surface area contributed by atoms with Crippen molar-refractivity contribution in [2.24, 2.45) is 11.8 Å². The van der Waals surface area contributed by atoms with Crippen molar-refractivity contribution in [3.63, 3.8) is 0 Å². The van der Waals surface area contributed by atoms with Crippen LogP contribution < -0.4 is 16.0 Å². The Morgan fingerprint density at radius 1 is 1.21 bits per heavy atom. The van der Waals surface area contributed by atoms with Gasteiger partial charge in [0.05, 0.1) is 7.11 Å². The highest BCUT2D eigenvalue weighted by atomic mass is 16.5. The Morgan fingerprint density at radius 2 is 2.00 bits per heavy atom. The number of nitrogens with one attached hydrogen (secondary N) is 1. The standard InChI is InChI=1S/C16H22N2O/c1-11(2)16(18-17)9-13-6-4-5-12-7-8-14(19-3)10-15(12)13/h4-8,10-11,16,18H,9,17H2,1-3H3. The molecule has 0 aliphatic carbocycles. The number of fused-ring (bicyclic) bond motifs is 1. The molecule has 0 saturated carbocycles. The fraction of sp³-hybridized carbons (Fsp3) is 0.375. The molecule has 0 aromatic heterocycles. The molecule has 2 aromatic rings. The summed E-state index contributed by atoms with van der Waals surface area (Å²) in [5.41, 5.74) is 4.21. The lowest BCUT2D eigenvalue weighted by atomic mass is 9.93. The van der Waals surface area contributed by atoms with Crippen molar-refractivity contribution in [3.8, 4) is 5.75 Å². The first-order valence-corrected chi connectivity index (χ1v) is 6.67. The summed E-state index contributed by atoms with van der Waals surface area (Å²) < 4.78 is 5.32. The molecule has 2 aromatic carbocycles. The number of benzene rings is 2. The van der Waals surface area contributed by atoms with Crippen LogP contribution in [0, 0.1) is 5.92 Å². The first-order valence-electron chi connectivity index (χ1n) is 6.67. The van der Waals surface area contributed by atoms with Crippen LogP contribution in [-0.4, -0.2) is 13.2 Å². The SMILES string of the molecule is COc1ccc2cccc(CC(NN)C(C)C)c2c1. The summed E-state index contributed by atoms with van der Waals surface area (Å²) in [6.45, 7) is 4.35. The number of hydrogen-bond acceptors (Lipinski definition) is 3. The lowest BCUT2D eigenvalue weighted by molar-refractivity contribution is 0.405. The van der Waals surface area contributed by atoms with Gasteiger partial charge in [-0.2, -0.15) is 0 Å². The molecule has 2 rings (SSSR count). The molecule has 0 heterocycles. The molecule has 3 heteroatoms. The number of methoxy groups -OCH3 is 1. The van der Waals surface area contributed by atoms with Gasteiger partial charge in [-0.05, 0) is 40.8 Å². The van der Waals surface area contributed by atoms with Crippen LogP contribution in [0.2, 0.25) is 0 Å². The van der Waals surface area contributed by atoms with Crippen LogP contribution in [-0.2, 0) is 6.42 Å². The Balaban J connectivity index is 2.41. The van der Waals surface area contributed by atoms with Crippen LogP contribution in [0.5, 0.6) is 5.75 Å². The first kappa shape index (κ1) is 13.8. The van der Waals surface area contributed by atoms with E-state index in [-0.39, 0.29) is 6.04 Å². The maximum absolute atomic E-state index is 5.65. The molecule has 1 atom stereocenters. The van der Waals surface area contributed by atoms with Crippen molar-refractivity contribution >= 4 is 10.8 Å². The minimum Gasteiger partial charge on any atom is -0.497 e. The van der Waals surface area contributed by atoms with Crippen molar-refractivity contribution in [2.75, 3.05) is 7.11 Å². The second-order valence-corrected chi connectivity index (χ2v) is 5.23. The number of rotatable bonds is 5. The van der Waals surface area contributed by atoms with Gasteiger partial charge in [0.15, 0.2) is 0 Å². The second kappa shape index (κ2) is 6.04. The molecule has 0 aliphatic heterocycles. The molecule has 0 radical (unpaired) electrons. The summed E-state index contributed by atoms with van der Waals surface area (Å²) in [5, 5.41) is 2.47. The largest absolute Gasteiger partial charge is 0.497 e. The molecular formula is C16H22N2O. The summed E-state index contributed by atoms with van der Waals surface area (Å²) >= 11 is 0. The maximum atomic E-state index is 5.65. The highest BCUT2D eigenvalue weighted by Gasteiger charge is 2.13. The first-order chi connectivity index (χ1) is 9.15. The smallest absolute Gasteiger partial charge is 0.119 e. The van der Waals surface area contributed by atoms with Crippen molar-refractivity contribution in [2.45, 2.75) is 26.3 Å². The number of hydrogen-bond donors (Lipinski definition) is 2. The van der Waals surface area contributed by atoms with E-state index in [9.17, 15) is 0 Å². The average Bonchev–Trinajstić information content (AvgIpc) is 2.43. The van der Waals surface area contributed by atoms with Gasteiger partial charge in [0.1, 0.15) is 5.75 Å². The molecule has 1 unspecified atom stereocenters. The fourth-order valence-corrected chi connectivity index (χ4v) is 2.35. The van der Waals surface area contributed by atoms with E-state index in [4.69, 9.17) is 10.6 Å². The van der Waals surface area contributed by atoms with Gasteiger partial charge in [-0.15, -0.1) is 0 Å². The van der Waals surface area contributed by atoms with Gasteiger partial charge in [-0.3, -0.25) is 11.3 Å². The quantitative estimate of drug-likeness (QED) is 0.640. The van der Waals surface area contributed by atoms with Gasteiger partial charge in [0.2, 0.25) is 0 Å². The van der Waals surface area contributed by atoms with Crippen LogP contribution in [0.4, 0.5) is 0 Å². The lowest BCUT2D eigenvalue weighted by Gasteiger charge is -2.20. The van der Waals surface area contributed by atoms with Gasteiger partial charge < -0.3 is 4.74 Å². The summed E-state index contributed by atoms with van der Waals surface area (Å²) in [7, 11) is 1.70. The predicted molar refractivity (Wildman–Crippen MR) is 80.2 cm³/mol. The Labute approximate surface area is 114 Å². The molecule has 0 fully saturated rings. The monoisotopic (exact) mass is 258 g/mol. The third-order valence-corrected chi connectivity index (χ3v) is 3.64. The van der Waals surface area contributed by atoms with E-state index >= 15 is 0 Å². The van der Waals surface area contributed by atoms with Crippen molar-refractivity contribution < 1.29 is 4.74 Å². The van der Waals surface area contributed by atoms with Crippen LogP contribution in [0.15, 0.2) is 36.4 Å². The Kier molecular flexibility index (Phi) is 4.40. The second-order valence-electron chi connectivity index (χ2n) is 5.23. The molecule has 0 bridgehead atoms. The molecule has 3 nitrogen and oxygen atoms in total. The minimum atomic E-state index is 0.275. The van der Waals surface area contributed by atoms with E-state index in [0.717, 1.165) is 12.2 Å². The van der Waals surface area contributed by atoms with Crippen LogP contribution in [0.25, 0.3) is 10.8 Å². The van der Waals surface area contributed by atoms with Gasteiger partial charge in [-0.1, -0.05) is 38.1 Å². The zero-order valence-corrected chi connectivity index (χ0v) is 11.8. The summed E-state index contributed by atoms with van der Waals surface area (Å²) in [5.74, 6) is 7.03. The zero-order chi connectivity index (χ0) is 13.8. The summed E-state index contributed by atoms with van der Waals surface area (Å²) in [4.78, 5) is 0. The highest BCUT2D eigenvalue weighted by molar-refractivity contribution is 5.87. The molecule has 19 heavy (non-hydrogen) atoms. The summed E-state index contributed by atoms with van der Waals surface area (Å²) in [6.07, 6.45) is 0.915. The summed E-state index contributed by atoms with van der Waals surface area (Å²) in [6, 6.07) is 12.8. The van der Waals surface area contributed by atoms with E-state index in [1.807, 2.05) is 6.07 Å². The predicted octanol–water partition coefficient (Wildman–Crippen LogP) is 2.88. The van der Waals surface area contributed by atoms with Gasteiger partial charge in [-0.25, -0.2) is 0 Å². The van der Waals surface area contributed by atoms with E-state index in [1.54, 1.807) is 7.11 Å². The highest BCUT2D eigenvalue weighted by Crippen LogP contribution is 2.25. The van der Waals surface area contributed by atoms with Crippen molar-refractivity contribution in [3.05, 3.63) is 42.0 Å². The Morgan fingerprint density at radius 3 is 2.63 bits per heavy atom. The molecule has 0 saturated heterocycles. The third kappa shape index (κ3) is 3.06.